The topological polar surface area (TPSA) is 82.1 Å². The van der Waals surface area contributed by atoms with Gasteiger partial charge in [0.2, 0.25) is 21.9 Å². The van der Waals surface area contributed by atoms with E-state index in [2.05, 4.69) is 5.32 Å². The molecule has 12 heteroatoms. The number of carbonyl (C=O) groups is 1. The molecule has 1 spiro atoms. The Kier molecular flexibility index (Phi) is 5.85. The van der Waals surface area contributed by atoms with Crippen molar-refractivity contribution >= 4 is 33.4 Å². The lowest BCUT2D eigenvalue weighted by Gasteiger charge is -2.73. The number of amidine groups is 1. The highest BCUT2D eigenvalue weighted by molar-refractivity contribution is 7.89. The molecule has 2 heterocycles. The van der Waals surface area contributed by atoms with Gasteiger partial charge in [0.15, 0.2) is 6.04 Å². The molecule has 7 nitrogen and oxygen atoms in total. The van der Waals surface area contributed by atoms with Gasteiger partial charge in [-0.05, 0) is 62.9 Å². The number of hydrogen-bond acceptors (Lipinski definition) is 5. The van der Waals surface area contributed by atoms with Crippen molar-refractivity contribution < 1.29 is 26.4 Å². The number of nitrogens with one attached hydrogen (secondary N) is 1. The second kappa shape index (κ2) is 8.72. The second-order valence-corrected chi connectivity index (χ2v) is 16.0. The van der Waals surface area contributed by atoms with Crippen molar-refractivity contribution in [2.24, 2.45) is 15.8 Å². The van der Waals surface area contributed by atoms with Gasteiger partial charge in [0.05, 0.1) is 15.5 Å². The van der Waals surface area contributed by atoms with Crippen LogP contribution in [0, 0.1) is 16.6 Å². The van der Waals surface area contributed by atoms with Crippen molar-refractivity contribution in [1.82, 2.24) is 14.5 Å². The third-order valence-corrected chi connectivity index (χ3v) is 12.2. The molecule has 224 valence electrons. The van der Waals surface area contributed by atoms with Crippen molar-refractivity contribution in [3.63, 3.8) is 0 Å². The van der Waals surface area contributed by atoms with Crippen molar-refractivity contribution in [2.45, 2.75) is 80.4 Å². The zero-order valence-electron chi connectivity index (χ0n) is 23.3. The first-order valence-corrected chi connectivity index (χ1v) is 15.9. The number of alkyl halides is 2. The van der Waals surface area contributed by atoms with Crippen molar-refractivity contribution in [3.8, 4) is 0 Å². The minimum absolute atomic E-state index is 0.0103. The average molecular weight is 621 g/mol. The molecule has 0 radical (unpaired) electrons. The fraction of sp³-hybridized carbons (Fsp3) is 0.533. The van der Waals surface area contributed by atoms with Gasteiger partial charge in [0, 0.05) is 48.8 Å². The summed E-state index contributed by atoms with van der Waals surface area (Å²) >= 11 is 5.87. The Morgan fingerprint density at radius 3 is 2.31 bits per heavy atom. The van der Waals surface area contributed by atoms with Crippen LogP contribution < -0.4 is 5.32 Å². The lowest BCUT2D eigenvalue weighted by Crippen LogP contribution is -2.78. The molecule has 4 saturated carbocycles. The predicted molar refractivity (Wildman–Crippen MR) is 151 cm³/mol. The standard InChI is InChI=1S/C30H32ClF3N4O3S/c1-26(2)23(24(39)37-17-27(18-37)12-30(33,34)13-27)35-25(36-26)28-14-29(15-28,16-28)38(11-19-8-9-21(31)22(32)10-19)42(40,41)20-6-4-3-5-7-20/h3-10,23H,11-18H2,1-2H3,(H,35,36)/t23-,28?,29?/m0/s1. The number of halogens is 4. The predicted octanol–water partition coefficient (Wildman–Crippen LogP) is 5.00. The number of hydrogen-bond donors (Lipinski definition) is 1. The molecule has 0 unspecified atom stereocenters. The molecule has 2 bridgehead atoms. The quantitative estimate of drug-likeness (QED) is 0.473. The van der Waals surface area contributed by atoms with Crippen LogP contribution in [0.25, 0.3) is 0 Å². The molecule has 5 fully saturated rings. The van der Waals surface area contributed by atoms with Crippen LogP contribution in [0.15, 0.2) is 58.4 Å². The average Bonchev–Trinajstić information content (AvgIpc) is 3.15. The van der Waals surface area contributed by atoms with E-state index in [9.17, 15) is 26.4 Å². The number of amides is 1. The molecule has 4 aliphatic carbocycles. The van der Waals surface area contributed by atoms with Gasteiger partial charge in [-0.2, -0.15) is 4.31 Å². The van der Waals surface area contributed by atoms with Crippen molar-refractivity contribution in [1.29, 1.82) is 0 Å². The molecule has 2 aliphatic heterocycles. The van der Waals surface area contributed by atoms with Crippen LogP contribution in [0.3, 0.4) is 0 Å². The number of rotatable bonds is 7. The summed E-state index contributed by atoms with van der Waals surface area (Å²) in [4.78, 5) is 20.0. The Morgan fingerprint density at radius 2 is 1.71 bits per heavy atom. The van der Waals surface area contributed by atoms with E-state index >= 15 is 0 Å². The van der Waals surface area contributed by atoms with E-state index in [0.717, 1.165) is 0 Å². The first kappa shape index (κ1) is 28.2. The van der Waals surface area contributed by atoms with Crippen LogP contribution in [-0.4, -0.2) is 65.5 Å². The number of aliphatic imine (C=N–C) groups is 1. The first-order valence-electron chi connectivity index (χ1n) is 14.1. The summed E-state index contributed by atoms with van der Waals surface area (Å²) in [7, 11) is -3.92. The highest BCUT2D eigenvalue weighted by Gasteiger charge is 2.75. The molecule has 2 aromatic rings. The van der Waals surface area contributed by atoms with Crippen LogP contribution in [-0.2, 0) is 21.4 Å². The summed E-state index contributed by atoms with van der Waals surface area (Å²) in [5.41, 5.74) is -1.68. The lowest BCUT2D eigenvalue weighted by atomic mass is 9.38. The van der Waals surface area contributed by atoms with Gasteiger partial charge < -0.3 is 10.2 Å². The monoisotopic (exact) mass is 620 g/mol. The first-order chi connectivity index (χ1) is 19.6. The van der Waals surface area contributed by atoms with E-state index in [1.54, 1.807) is 41.3 Å². The molecular formula is C30H32ClF3N4O3S. The van der Waals surface area contributed by atoms with Gasteiger partial charge in [-0.15, -0.1) is 0 Å². The second-order valence-electron chi connectivity index (χ2n) is 13.7. The highest BCUT2D eigenvalue weighted by Crippen LogP contribution is 2.71. The largest absolute Gasteiger partial charge is 0.366 e. The highest BCUT2D eigenvalue weighted by atomic mass is 35.5. The van der Waals surface area contributed by atoms with E-state index in [-0.39, 0.29) is 40.6 Å². The van der Waals surface area contributed by atoms with E-state index in [1.807, 2.05) is 13.8 Å². The van der Waals surface area contributed by atoms with Crippen LogP contribution in [0.2, 0.25) is 5.02 Å². The number of nitrogens with zero attached hydrogens (tertiary/aromatic N) is 3. The summed E-state index contributed by atoms with van der Waals surface area (Å²) in [6, 6.07) is 11.8. The lowest BCUT2D eigenvalue weighted by molar-refractivity contribution is -0.215. The van der Waals surface area contributed by atoms with E-state index in [1.165, 1.54) is 16.4 Å². The van der Waals surface area contributed by atoms with Crippen LogP contribution in [0.4, 0.5) is 13.2 Å². The van der Waals surface area contributed by atoms with Crippen molar-refractivity contribution in [2.75, 3.05) is 13.1 Å². The molecule has 6 aliphatic rings. The SMILES string of the molecule is CC1(C)NC(C23CC(N(Cc4ccc(Cl)c(F)c4)S(=O)(=O)c4ccccc4)(C2)C3)=N[C@H]1C(=O)N1CC2(C1)CC(F)(F)C2. The smallest absolute Gasteiger partial charge is 0.249 e. The summed E-state index contributed by atoms with van der Waals surface area (Å²) in [6.45, 7) is 4.47. The third-order valence-electron chi connectivity index (χ3n) is 9.92. The Morgan fingerprint density at radius 1 is 1.07 bits per heavy atom. The van der Waals surface area contributed by atoms with Gasteiger partial charge in [0.25, 0.3) is 0 Å². The van der Waals surface area contributed by atoms with E-state index in [4.69, 9.17) is 16.6 Å². The van der Waals surface area contributed by atoms with Gasteiger partial charge in [-0.25, -0.2) is 21.6 Å². The Balaban J connectivity index is 1.10. The summed E-state index contributed by atoms with van der Waals surface area (Å²) in [5, 5.41) is 3.42. The normalized spacial score (nSPS) is 31.4. The van der Waals surface area contributed by atoms with Gasteiger partial charge in [-0.1, -0.05) is 35.9 Å². The van der Waals surface area contributed by atoms with Gasteiger partial charge in [0.1, 0.15) is 11.7 Å². The summed E-state index contributed by atoms with van der Waals surface area (Å²) < 4.78 is 70.5. The summed E-state index contributed by atoms with van der Waals surface area (Å²) in [6.07, 6.45) is 1.23. The zero-order valence-corrected chi connectivity index (χ0v) is 24.9. The van der Waals surface area contributed by atoms with Crippen LogP contribution in [0.1, 0.15) is 51.5 Å². The minimum Gasteiger partial charge on any atom is -0.366 e. The fourth-order valence-electron chi connectivity index (χ4n) is 7.97. The minimum atomic E-state index is -3.92. The zero-order chi connectivity index (χ0) is 29.9. The Labute approximate surface area is 248 Å². The Bertz CT molecular complexity index is 1600. The fourth-order valence-corrected chi connectivity index (χ4v) is 9.87. The molecule has 2 aromatic carbocycles. The molecule has 1 N–H and O–H groups in total. The van der Waals surface area contributed by atoms with Gasteiger partial charge in [-0.3, -0.25) is 9.79 Å². The number of sulfonamides is 1. The summed E-state index contributed by atoms with van der Waals surface area (Å²) in [5.74, 6) is -2.70. The molecule has 1 atom stereocenters. The maximum absolute atomic E-state index is 14.3. The number of carbonyl (C=O) groups excluding carboxylic acids is 1. The van der Waals surface area contributed by atoms with E-state index in [0.29, 0.717) is 43.8 Å². The maximum Gasteiger partial charge on any atom is 0.249 e. The molecule has 0 aromatic heterocycles. The number of benzene rings is 2. The molecule has 1 saturated heterocycles. The van der Waals surface area contributed by atoms with Crippen molar-refractivity contribution in [3.05, 3.63) is 64.9 Å². The molecular weight excluding hydrogens is 589 g/mol. The molecule has 1 amide bonds. The van der Waals surface area contributed by atoms with Crippen LogP contribution in [0.5, 0.6) is 0 Å². The number of likely N-dealkylation sites (tertiary alicyclic amines) is 1. The van der Waals surface area contributed by atoms with Gasteiger partial charge >= 0.3 is 0 Å². The molecule has 42 heavy (non-hydrogen) atoms. The van der Waals surface area contributed by atoms with Crippen LogP contribution >= 0.6 is 11.6 Å². The van der Waals surface area contributed by atoms with E-state index < -0.39 is 44.3 Å². The Hall–Kier alpha value is -2.63. The molecule has 8 rings (SSSR count). The third kappa shape index (κ3) is 4.13. The maximum atomic E-state index is 14.3.